The van der Waals surface area contributed by atoms with E-state index < -0.39 is 0 Å². The van der Waals surface area contributed by atoms with Gasteiger partial charge < -0.3 is 14.6 Å². The fourth-order valence-corrected chi connectivity index (χ4v) is 1.56. The van der Waals surface area contributed by atoms with Crippen LogP contribution in [0, 0.1) is 0 Å². The minimum absolute atomic E-state index is 0.260. The van der Waals surface area contributed by atoms with Gasteiger partial charge in [0, 0.05) is 6.61 Å². The minimum atomic E-state index is -0.342. The largest absolute Gasteiger partial charge is 0.494 e. The number of hydrogen-bond donors (Lipinski definition) is 1. The molecule has 1 aromatic rings. The molecule has 0 amide bonds. The average Bonchev–Trinajstić information content (AvgIpc) is 2.42. The van der Waals surface area contributed by atoms with Crippen molar-refractivity contribution >= 4 is 5.97 Å². The molecule has 4 heteroatoms. The van der Waals surface area contributed by atoms with E-state index in [2.05, 4.69) is 4.74 Å². The van der Waals surface area contributed by atoms with E-state index in [1.54, 1.807) is 24.3 Å². The molecule has 18 heavy (non-hydrogen) atoms. The molecule has 4 nitrogen and oxygen atoms in total. The third kappa shape index (κ3) is 5.19. The summed E-state index contributed by atoms with van der Waals surface area (Å²) in [5.41, 5.74) is 0.521. The molecular weight excluding hydrogens is 232 g/mol. The Hall–Kier alpha value is -1.55. The highest BCUT2D eigenvalue weighted by molar-refractivity contribution is 5.89. The van der Waals surface area contributed by atoms with Gasteiger partial charge in [-0.2, -0.15) is 0 Å². The van der Waals surface area contributed by atoms with Crippen molar-refractivity contribution in [1.29, 1.82) is 0 Å². The molecule has 0 aliphatic rings. The number of methoxy groups -OCH3 is 1. The second kappa shape index (κ2) is 8.53. The third-order valence-electron chi connectivity index (χ3n) is 2.60. The molecule has 1 N–H and O–H groups in total. The fraction of sp³-hybridized carbons (Fsp3) is 0.500. The first kappa shape index (κ1) is 14.5. The van der Waals surface area contributed by atoms with Crippen LogP contribution >= 0.6 is 0 Å². The number of rotatable bonds is 8. The van der Waals surface area contributed by atoms with Gasteiger partial charge in [-0.3, -0.25) is 0 Å². The smallest absolute Gasteiger partial charge is 0.337 e. The van der Waals surface area contributed by atoms with E-state index in [4.69, 9.17) is 9.84 Å². The van der Waals surface area contributed by atoms with Crippen molar-refractivity contribution in [1.82, 2.24) is 0 Å². The minimum Gasteiger partial charge on any atom is -0.494 e. The number of esters is 1. The molecule has 0 heterocycles. The van der Waals surface area contributed by atoms with E-state index in [9.17, 15) is 4.79 Å². The van der Waals surface area contributed by atoms with E-state index in [-0.39, 0.29) is 12.6 Å². The van der Waals surface area contributed by atoms with Crippen LogP contribution in [0.2, 0.25) is 0 Å². The van der Waals surface area contributed by atoms with Gasteiger partial charge in [0.2, 0.25) is 0 Å². The lowest BCUT2D eigenvalue weighted by Gasteiger charge is -2.06. The third-order valence-corrected chi connectivity index (χ3v) is 2.60. The Morgan fingerprint density at radius 1 is 1.11 bits per heavy atom. The average molecular weight is 252 g/mol. The standard InChI is InChI=1S/C14H20O4/c1-17-14(16)12-6-8-13(9-7-12)18-11-5-3-2-4-10-15/h6-9,15H,2-5,10-11H2,1H3. The number of unbranched alkanes of at least 4 members (excludes halogenated alkanes) is 3. The summed E-state index contributed by atoms with van der Waals surface area (Å²) in [4.78, 5) is 11.2. The lowest BCUT2D eigenvalue weighted by Crippen LogP contribution is -2.01. The Bertz CT molecular complexity index is 345. The van der Waals surface area contributed by atoms with Gasteiger partial charge in [0.1, 0.15) is 5.75 Å². The summed E-state index contributed by atoms with van der Waals surface area (Å²) < 4.78 is 10.2. The molecule has 0 unspecified atom stereocenters. The van der Waals surface area contributed by atoms with Gasteiger partial charge in [0.05, 0.1) is 19.3 Å². The maximum Gasteiger partial charge on any atom is 0.337 e. The Morgan fingerprint density at radius 3 is 2.39 bits per heavy atom. The number of hydrogen-bond acceptors (Lipinski definition) is 4. The number of aliphatic hydroxyl groups is 1. The van der Waals surface area contributed by atoms with Crippen LogP contribution in [0.25, 0.3) is 0 Å². The topological polar surface area (TPSA) is 55.8 Å². The highest BCUT2D eigenvalue weighted by Crippen LogP contribution is 2.13. The van der Waals surface area contributed by atoms with Gasteiger partial charge in [-0.25, -0.2) is 4.79 Å². The molecule has 0 aliphatic carbocycles. The van der Waals surface area contributed by atoms with Gasteiger partial charge in [-0.1, -0.05) is 6.42 Å². The first-order chi connectivity index (χ1) is 8.77. The molecule has 1 rings (SSSR count). The number of benzene rings is 1. The van der Waals surface area contributed by atoms with E-state index in [0.29, 0.717) is 12.2 Å². The molecular formula is C14H20O4. The zero-order chi connectivity index (χ0) is 13.2. The Morgan fingerprint density at radius 2 is 1.78 bits per heavy atom. The molecule has 0 bridgehead atoms. The maximum absolute atomic E-state index is 11.2. The van der Waals surface area contributed by atoms with Crippen LogP contribution in [0.5, 0.6) is 5.75 Å². The number of carbonyl (C=O) groups is 1. The summed E-state index contributed by atoms with van der Waals surface area (Å²) in [5.74, 6) is 0.412. The maximum atomic E-state index is 11.2. The van der Waals surface area contributed by atoms with Gasteiger partial charge in [-0.15, -0.1) is 0 Å². The molecule has 100 valence electrons. The van der Waals surface area contributed by atoms with E-state index in [0.717, 1.165) is 31.4 Å². The quantitative estimate of drug-likeness (QED) is 0.570. The van der Waals surface area contributed by atoms with E-state index in [1.807, 2.05) is 0 Å². The first-order valence-electron chi connectivity index (χ1n) is 6.20. The lowest BCUT2D eigenvalue weighted by molar-refractivity contribution is 0.0600. The molecule has 0 fully saturated rings. The monoisotopic (exact) mass is 252 g/mol. The molecule has 0 saturated carbocycles. The van der Waals surface area contributed by atoms with Crippen molar-refractivity contribution < 1.29 is 19.4 Å². The van der Waals surface area contributed by atoms with Crippen molar-refractivity contribution in [2.24, 2.45) is 0 Å². The van der Waals surface area contributed by atoms with Crippen LogP contribution < -0.4 is 4.74 Å². The highest BCUT2D eigenvalue weighted by Gasteiger charge is 2.04. The van der Waals surface area contributed by atoms with Crippen LogP contribution in [-0.2, 0) is 4.74 Å². The first-order valence-corrected chi connectivity index (χ1v) is 6.20. The number of aliphatic hydroxyl groups excluding tert-OH is 1. The molecule has 1 aromatic carbocycles. The zero-order valence-corrected chi connectivity index (χ0v) is 10.7. The molecule has 0 spiro atoms. The van der Waals surface area contributed by atoms with Gasteiger partial charge in [0.15, 0.2) is 0 Å². The SMILES string of the molecule is COC(=O)c1ccc(OCCCCCCO)cc1. The van der Waals surface area contributed by atoms with Crippen LogP contribution in [0.4, 0.5) is 0 Å². The lowest BCUT2D eigenvalue weighted by atomic mass is 10.2. The predicted molar refractivity (Wildman–Crippen MR) is 68.8 cm³/mol. The van der Waals surface area contributed by atoms with Crippen molar-refractivity contribution in [2.45, 2.75) is 25.7 Å². The van der Waals surface area contributed by atoms with E-state index >= 15 is 0 Å². The van der Waals surface area contributed by atoms with Crippen molar-refractivity contribution in [3.63, 3.8) is 0 Å². The molecule has 0 radical (unpaired) electrons. The van der Waals surface area contributed by atoms with Crippen molar-refractivity contribution in [2.75, 3.05) is 20.3 Å². The Labute approximate surface area is 108 Å². The van der Waals surface area contributed by atoms with Crippen LogP contribution in [0.3, 0.4) is 0 Å². The Kier molecular flexibility index (Phi) is 6.87. The van der Waals surface area contributed by atoms with Crippen molar-refractivity contribution in [3.8, 4) is 5.75 Å². The summed E-state index contributed by atoms with van der Waals surface area (Å²) in [6.45, 7) is 0.916. The van der Waals surface area contributed by atoms with Gasteiger partial charge >= 0.3 is 5.97 Å². The van der Waals surface area contributed by atoms with Crippen LogP contribution in [-0.4, -0.2) is 31.4 Å². The summed E-state index contributed by atoms with van der Waals surface area (Å²) in [6, 6.07) is 6.90. The highest BCUT2D eigenvalue weighted by atomic mass is 16.5. The molecule has 0 aromatic heterocycles. The van der Waals surface area contributed by atoms with Gasteiger partial charge in [0.25, 0.3) is 0 Å². The summed E-state index contributed by atoms with van der Waals surface area (Å²) in [6.07, 6.45) is 3.91. The second-order valence-corrected chi connectivity index (χ2v) is 4.00. The zero-order valence-electron chi connectivity index (χ0n) is 10.7. The predicted octanol–water partition coefficient (Wildman–Crippen LogP) is 2.40. The Balaban J connectivity index is 2.25. The van der Waals surface area contributed by atoms with Crippen LogP contribution in [0.15, 0.2) is 24.3 Å². The van der Waals surface area contributed by atoms with Gasteiger partial charge in [-0.05, 0) is 43.5 Å². The second-order valence-electron chi connectivity index (χ2n) is 4.00. The molecule has 0 aliphatic heterocycles. The van der Waals surface area contributed by atoms with E-state index in [1.165, 1.54) is 7.11 Å². The fourth-order valence-electron chi connectivity index (χ4n) is 1.56. The number of carbonyl (C=O) groups excluding carboxylic acids is 1. The molecule has 0 atom stereocenters. The van der Waals surface area contributed by atoms with Crippen LogP contribution in [0.1, 0.15) is 36.0 Å². The number of ether oxygens (including phenoxy) is 2. The summed E-state index contributed by atoms with van der Waals surface area (Å²) in [7, 11) is 1.36. The summed E-state index contributed by atoms with van der Waals surface area (Å²) >= 11 is 0. The van der Waals surface area contributed by atoms with Crippen molar-refractivity contribution in [3.05, 3.63) is 29.8 Å². The molecule has 0 saturated heterocycles. The normalized spacial score (nSPS) is 10.1. The summed E-state index contributed by atoms with van der Waals surface area (Å²) in [5, 5.41) is 8.62.